The number of hydrogen-bond donors (Lipinski definition) is 3. The number of rotatable bonds is 5. The molecule has 20 heavy (non-hydrogen) atoms. The summed E-state index contributed by atoms with van der Waals surface area (Å²) in [5, 5.41) is 15.0. The van der Waals surface area contributed by atoms with E-state index in [2.05, 4.69) is 10.6 Å². The first-order valence-electron chi connectivity index (χ1n) is 6.52. The molecule has 0 fully saturated rings. The van der Waals surface area contributed by atoms with Gasteiger partial charge in [-0.1, -0.05) is 20.8 Å². The molecule has 6 heteroatoms. The fourth-order valence-electron chi connectivity index (χ4n) is 1.40. The molecule has 112 valence electrons. The third kappa shape index (κ3) is 4.70. The molecule has 2 amide bonds. The van der Waals surface area contributed by atoms with Gasteiger partial charge in [-0.3, -0.25) is 9.59 Å². The van der Waals surface area contributed by atoms with Gasteiger partial charge in [0.05, 0.1) is 12.4 Å². The predicted octanol–water partition coefficient (Wildman–Crippen LogP) is 0.921. The van der Waals surface area contributed by atoms with Crippen LogP contribution in [0.2, 0.25) is 0 Å². The second-order valence-corrected chi connectivity index (χ2v) is 5.80. The van der Waals surface area contributed by atoms with E-state index in [4.69, 9.17) is 4.42 Å². The van der Waals surface area contributed by atoms with Gasteiger partial charge in [0.25, 0.3) is 5.91 Å². The van der Waals surface area contributed by atoms with Crippen molar-refractivity contribution in [3.05, 3.63) is 24.2 Å². The van der Waals surface area contributed by atoms with E-state index in [0.29, 0.717) is 0 Å². The number of nitrogens with one attached hydrogen (secondary N) is 2. The zero-order chi connectivity index (χ0) is 15.3. The van der Waals surface area contributed by atoms with Crippen molar-refractivity contribution in [1.29, 1.82) is 0 Å². The topological polar surface area (TPSA) is 91.6 Å². The van der Waals surface area contributed by atoms with Crippen molar-refractivity contribution in [2.24, 2.45) is 5.41 Å². The summed E-state index contributed by atoms with van der Waals surface area (Å²) in [6.07, 6.45) is 0.735. The average molecular weight is 282 g/mol. The van der Waals surface area contributed by atoms with E-state index < -0.39 is 18.1 Å². The van der Waals surface area contributed by atoms with Crippen LogP contribution in [0, 0.1) is 5.41 Å². The van der Waals surface area contributed by atoms with Gasteiger partial charge in [-0.15, -0.1) is 0 Å². The van der Waals surface area contributed by atoms with E-state index in [1.165, 1.54) is 12.3 Å². The largest absolute Gasteiger partial charge is 0.459 e. The highest BCUT2D eigenvalue weighted by molar-refractivity contribution is 5.95. The summed E-state index contributed by atoms with van der Waals surface area (Å²) in [6.45, 7) is 7.35. The number of aliphatic hydroxyl groups excluding tert-OH is 1. The minimum absolute atomic E-state index is 0.142. The Bertz CT molecular complexity index is 448. The molecule has 6 nitrogen and oxygen atoms in total. The molecule has 1 heterocycles. The second-order valence-electron chi connectivity index (χ2n) is 5.80. The van der Waals surface area contributed by atoms with Crippen molar-refractivity contribution in [3.8, 4) is 0 Å². The average Bonchev–Trinajstić information content (AvgIpc) is 2.87. The van der Waals surface area contributed by atoms with Crippen LogP contribution in [0.5, 0.6) is 0 Å². The number of carbonyl (C=O) groups excluding carboxylic acids is 2. The maximum absolute atomic E-state index is 11.8. The standard InChI is InChI=1S/C14H22N2O4/c1-9(16-13(19)10-6-5-7-20-10)12(18)15-8-11(17)14(2,3)4/h5-7,9,11,17H,8H2,1-4H3,(H,15,18)(H,16,19). The molecule has 2 atom stereocenters. The lowest BCUT2D eigenvalue weighted by molar-refractivity contribution is -0.123. The fraction of sp³-hybridized carbons (Fsp3) is 0.571. The van der Waals surface area contributed by atoms with Gasteiger partial charge in [0.1, 0.15) is 6.04 Å². The van der Waals surface area contributed by atoms with Crippen LogP contribution in [0.25, 0.3) is 0 Å². The molecular weight excluding hydrogens is 260 g/mol. The van der Waals surface area contributed by atoms with Crippen molar-refractivity contribution >= 4 is 11.8 Å². The van der Waals surface area contributed by atoms with Crippen LogP contribution in [-0.4, -0.2) is 35.6 Å². The van der Waals surface area contributed by atoms with Gasteiger partial charge in [0, 0.05) is 6.54 Å². The van der Waals surface area contributed by atoms with E-state index in [9.17, 15) is 14.7 Å². The Labute approximate surface area is 118 Å². The molecule has 0 radical (unpaired) electrons. The highest BCUT2D eigenvalue weighted by Gasteiger charge is 2.24. The fourth-order valence-corrected chi connectivity index (χ4v) is 1.40. The lowest BCUT2D eigenvalue weighted by Gasteiger charge is -2.26. The summed E-state index contributed by atoms with van der Waals surface area (Å²) < 4.78 is 4.94. The van der Waals surface area contributed by atoms with E-state index in [0.717, 1.165) is 0 Å². The van der Waals surface area contributed by atoms with Crippen LogP contribution in [0.15, 0.2) is 22.8 Å². The lowest BCUT2D eigenvalue weighted by Crippen LogP contribution is -2.48. The minimum Gasteiger partial charge on any atom is -0.459 e. The van der Waals surface area contributed by atoms with Gasteiger partial charge in [0.2, 0.25) is 5.91 Å². The van der Waals surface area contributed by atoms with Crippen molar-refractivity contribution in [2.75, 3.05) is 6.54 Å². The maximum atomic E-state index is 11.8. The minimum atomic E-state index is -0.709. The lowest BCUT2D eigenvalue weighted by atomic mass is 9.89. The summed E-state index contributed by atoms with van der Waals surface area (Å²) >= 11 is 0. The van der Waals surface area contributed by atoms with Crippen LogP contribution >= 0.6 is 0 Å². The molecule has 0 saturated heterocycles. The molecule has 0 aliphatic rings. The van der Waals surface area contributed by atoms with Crippen molar-refractivity contribution in [3.63, 3.8) is 0 Å². The second kappa shape index (κ2) is 6.56. The summed E-state index contributed by atoms with van der Waals surface area (Å²) in [7, 11) is 0. The van der Waals surface area contributed by atoms with Gasteiger partial charge < -0.3 is 20.2 Å². The monoisotopic (exact) mass is 282 g/mol. The molecule has 3 N–H and O–H groups in total. The zero-order valence-electron chi connectivity index (χ0n) is 12.3. The number of furan rings is 1. The highest BCUT2D eigenvalue weighted by atomic mass is 16.3. The third-order valence-corrected chi connectivity index (χ3v) is 2.96. The maximum Gasteiger partial charge on any atom is 0.287 e. The van der Waals surface area contributed by atoms with Gasteiger partial charge in [-0.25, -0.2) is 0 Å². The molecule has 0 aliphatic carbocycles. The summed E-state index contributed by atoms with van der Waals surface area (Å²) in [5.41, 5.74) is -0.312. The van der Waals surface area contributed by atoms with Crippen molar-refractivity contribution in [2.45, 2.75) is 39.8 Å². The predicted molar refractivity (Wildman–Crippen MR) is 74.1 cm³/mol. The first-order chi connectivity index (χ1) is 9.21. The molecular formula is C14H22N2O4. The van der Waals surface area contributed by atoms with Crippen LogP contribution in [0.4, 0.5) is 0 Å². The molecule has 1 aromatic rings. The SMILES string of the molecule is CC(NC(=O)c1ccco1)C(=O)NCC(O)C(C)(C)C. The molecule has 1 aromatic heterocycles. The number of carbonyl (C=O) groups is 2. The first-order valence-corrected chi connectivity index (χ1v) is 6.52. The van der Waals surface area contributed by atoms with Gasteiger partial charge in [0.15, 0.2) is 5.76 Å². The van der Waals surface area contributed by atoms with Gasteiger partial charge in [-0.05, 0) is 24.5 Å². The Hall–Kier alpha value is -1.82. The van der Waals surface area contributed by atoms with E-state index in [1.54, 1.807) is 13.0 Å². The van der Waals surface area contributed by atoms with Gasteiger partial charge >= 0.3 is 0 Å². The quantitative estimate of drug-likeness (QED) is 0.749. The molecule has 0 bridgehead atoms. The molecule has 1 rings (SSSR count). The summed E-state index contributed by atoms with van der Waals surface area (Å²) in [4.78, 5) is 23.5. The van der Waals surface area contributed by atoms with Crippen molar-refractivity contribution in [1.82, 2.24) is 10.6 Å². The van der Waals surface area contributed by atoms with E-state index >= 15 is 0 Å². The zero-order valence-corrected chi connectivity index (χ0v) is 12.3. The molecule has 0 spiro atoms. The van der Waals surface area contributed by atoms with Gasteiger partial charge in [-0.2, -0.15) is 0 Å². The molecule has 0 aromatic carbocycles. The first kappa shape index (κ1) is 16.2. The number of amides is 2. The summed E-state index contributed by atoms with van der Waals surface area (Å²) in [5.74, 6) is -0.651. The van der Waals surface area contributed by atoms with Crippen LogP contribution < -0.4 is 10.6 Å². The highest BCUT2D eigenvalue weighted by Crippen LogP contribution is 2.18. The Balaban J connectivity index is 2.42. The van der Waals surface area contributed by atoms with Crippen LogP contribution in [0.3, 0.4) is 0 Å². The van der Waals surface area contributed by atoms with E-state index in [-0.39, 0.29) is 23.6 Å². The van der Waals surface area contributed by atoms with Crippen molar-refractivity contribution < 1.29 is 19.1 Å². The smallest absolute Gasteiger partial charge is 0.287 e. The van der Waals surface area contributed by atoms with E-state index in [1.807, 2.05) is 20.8 Å². The molecule has 0 aliphatic heterocycles. The third-order valence-electron chi connectivity index (χ3n) is 2.96. The molecule has 2 unspecified atom stereocenters. The number of aliphatic hydroxyl groups is 1. The Morgan fingerprint density at radius 1 is 1.40 bits per heavy atom. The Morgan fingerprint density at radius 2 is 2.05 bits per heavy atom. The molecule has 0 saturated carbocycles. The number of hydrogen-bond acceptors (Lipinski definition) is 4. The summed E-state index contributed by atoms with van der Waals surface area (Å²) in [6, 6.07) is 2.41. The van der Waals surface area contributed by atoms with Crippen LogP contribution in [0.1, 0.15) is 38.2 Å². The normalized spacial score (nSPS) is 14.4. The Kier molecular flexibility index (Phi) is 5.33. The Morgan fingerprint density at radius 3 is 2.55 bits per heavy atom. The van der Waals surface area contributed by atoms with Crippen LogP contribution in [-0.2, 0) is 4.79 Å².